The van der Waals surface area contributed by atoms with Gasteiger partial charge in [0.2, 0.25) is 0 Å². The van der Waals surface area contributed by atoms with Crippen LogP contribution in [0.15, 0.2) is 118 Å². The molecule has 6 aromatic carbocycles. The quantitative estimate of drug-likeness (QED) is 0.277. The van der Waals surface area contributed by atoms with Gasteiger partial charge in [-0.3, -0.25) is 0 Å². The molecule has 9 aromatic rings. The van der Waals surface area contributed by atoms with Crippen molar-refractivity contribution in [3.63, 3.8) is 0 Å². The fourth-order valence-corrected chi connectivity index (χ4v) is 6.49. The van der Waals surface area contributed by atoms with E-state index in [1.807, 2.05) is 103 Å². The smallest absolute Gasteiger partial charge is 0.164 e. The molecule has 0 spiro atoms. The van der Waals surface area contributed by atoms with Gasteiger partial charge in [0.25, 0.3) is 0 Å². The third-order valence-corrected chi connectivity index (χ3v) is 9.03. The van der Waals surface area contributed by atoms with Gasteiger partial charge in [0.1, 0.15) is 61.6 Å². The molecular weight excluding hydrogens is 597 g/mol. The van der Waals surface area contributed by atoms with Gasteiger partial charge in [0, 0.05) is 43.8 Å². The number of nitrogens with zero attached hydrogens (tertiary/aromatic N) is 3. The van der Waals surface area contributed by atoms with Crippen LogP contribution in [0.4, 0.5) is 0 Å². The Bertz CT molecular complexity index is 2760. The number of fused-ring (bicyclic) bond motifs is 6. The maximum atomic E-state index is 6.43. The van der Waals surface area contributed by atoms with Crippen LogP contribution in [0.3, 0.4) is 0 Å². The molecule has 10 heteroatoms. The number of furan rings is 2. The third kappa shape index (κ3) is 4.66. The first kappa shape index (κ1) is 29.4. The molecule has 0 bridgehead atoms. The average Bonchev–Trinajstić information content (AvgIpc) is 3.71. The Morgan fingerprint density at radius 1 is 0.388 bits per heavy atom. The molecule has 0 fully saturated rings. The highest BCUT2D eigenvalue weighted by Gasteiger charge is 2.20. The van der Waals surface area contributed by atoms with Crippen LogP contribution in [0.25, 0.3) is 89.2 Å². The summed E-state index contributed by atoms with van der Waals surface area (Å²) in [4.78, 5) is 14.8. The van der Waals surface area contributed by atoms with Crippen molar-refractivity contribution in [3.8, 4) is 45.3 Å². The van der Waals surface area contributed by atoms with Gasteiger partial charge in [-0.1, -0.05) is 83.7 Å². The Morgan fingerprint density at radius 2 is 0.959 bits per heavy atom. The van der Waals surface area contributed by atoms with E-state index in [0.29, 0.717) is 39.8 Å². The molecule has 0 saturated heterocycles. The molecule has 0 saturated carbocycles. The largest absolute Gasteiger partial charge is 0.456 e. The maximum absolute atomic E-state index is 6.43. The SMILES string of the molecule is [B]c1c([B])c([B])c(-c2cccc3c2oc2ccc(-c4nc(-c5ccccc5)nc(-c5ccc6c(c5)oc5ccccc56)n4)cc23)c([B])c1[B]. The van der Waals surface area contributed by atoms with Gasteiger partial charge in [-0.2, -0.15) is 0 Å². The molecular formula is C39H18B5N3O2. The zero-order chi connectivity index (χ0) is 33.4. The van der Waals surface area contributed by atoms with Crippen molar-refractivity contribution in [2.45, 2.75) is 0 Å². The van der Waals surface area contributed by atoms with Crippen molar-refractivity contribution in [2.24, 2.45) is 0 Å². The van der Waals surface area contributed by atoms with Crippen LogP contribution in [0.1, 0.15) is 0 Å². The van der Waals surface area contributed by atoms with E-state index in [1.54, 1.807) is 0 Å². The van der Waals surface area contributed by atoms with Crippen LogP contribution >= 0.6 is 0 Å². The van der Waals surface area contributed by atoms with Gasteiger partial charge in [-0.05, 0) is 42.0 Å². The molecule has 3 heterocycles. The van der Waals surface area contributed by atoms with E-state index < -0.39 is 0 Å². The summed E-state index contributed by atoms with van der Waals surface area (Å²) in [6, 6.07) is 35.5. The predicted octanol–water partition coefficient (Wildman–Crippen LogP) is 4.31. The van der Waals surface area contributed by atoms with Crippen molar-refractivity contribution in [1.29, 1.82) is 0 Å². The van der Waals surface area contributed by atoms with Crippen molar-refractivity contribution >= 4 is 110 Å². The first-order chi connectivity index (χ1) is 23.9. The molecule has 0 aliphatic heterocycles. The summed E-state index contributed by atoms with van der Waals surface area (Å²) in [5, 5.41) is 3.79. The number of rotatable bonds is 4. The number of hydrogen-bond donors (Lipinski definition) is 0. The minimum absolute atomic E-state index is 0.157. The standard InChI is InChI=1S/C39H18B5N3O2/c40-31-30(32(41)34(43)35(44)33(31)42)25-11-6-10-24-26-17-20(14-16-28(26)49-36(24)25)38-45-37(19-7-2-1-3-8-19)46-39(47-38)21-13-15-23-22-9-4-5-12-27(22)48-29(23)18-21/h1-18H. The molecule has 0 unspecified atom stereocenters. The second-order valence-electron chi connectivity index (χ2n) is 11.9. The Balaban J connectivity index is 1.22. The summed E-state index contributed by atoms with van der Waals surface area (Å²) >= 11 is 0. The fourth-order valence-electron chi connectivity index (χ4n) is 6.49. The lowest BCUT2D eigenvalue weighted by Gasteiger charge is -2.21. The van der Waals surface area contributed by atoms with Gasteiger partial charge in [-0.25, -0.2) is 15.0 Å². The summed E-state index contributed by atoms with van der Waals surface area (Å²) in [6.45, 7) is 0. The normalized spacial score (nSPS) is 11.7. The molecule has 0 N–H and O–H groups in total. The topological polar surface area (TPSA) is 65.0 Å². The molecule has 5 nitrogen and oxygen atoms in total. The van der Waals surface area contributed by atoms with Gasteiger partial charge in [-0.15, -0.1) is 16.4 Å². The number of hydrogen-bond acceptors (Lipinski definition) is 5. The van der Waals surface area contributed by atoms with E-state index in [-0.39, 0.29) is 27.3 Å². The molecule has 0 aliphatic rings. The summed E-state index contributed by atoms with van der Waals surface area (Å²) in [5.41, 5.74) is 7.41. The van der Waals surface area contributed by atoms with E-state index in [4.69, 9.17) is 63.0 Å². The third-order valence-electron chi connectivity index (χ3n) is 9.03. The average molecular weight is 615 g/mol. The Kier molecular flexibility index (Phi) is 6.70. The lowest BCUT2D eigenvalue weighted by Crippen LogP contribution is -2.55. The van der Waals surface area contributed by atoms with E-state index in [1.165, 1.54) is 0 Å². The fraction of sp³-hybridized carbons (Fsp3) is 0. The number of benzene rings is 6. The zero-order valence-electron chi connectivity index (χ0n) is 25.9. The Morgan fingerprint density at radius 3 is 1.71 bits per heavy atom. The summed E-state index contributed by atoms with van der Waals surface area (Å²) in [5.74, 6) is 1.58. The van der Waals surface area contributed by atoms with Gasteiger partial charge < -0.3 is 8.83 Å². The van der Waals surface area contributed by atoms with Crippen LogP contribution in [0, 0.1) is 0 Å². The molecule has 3 aromatic heterocycles. The lowest BCUT2D eigenvalue weighted by molar-refractivity contribution is 0.669. The highest BCUT2D eigenvalue weighted by Crippen LogP contribution is 2.37. The molecule has 10 radical (unpaired) electrons. The first-order valence-corrected chi connectivity index (χ1v) is 15.6. The van der Waals surface area contributed by atoms with Crippen LogP contribution in [-0.2, 0) is 0 Å². The molecule has 0 amide bonds. The predicted molar refractivity (Wildman–Crippen MR) is 203 cm³/mol. The van der Waals surface area contributed by atoms with E-state index >= 15 is 0 Å². The van der Waals surface area contributed by atoms with Crippen LogP contribution in [0.5, 0.6) is 0 Å². The number of aromatic nitrogens is 3. The van der Waals surface area contributed by atoms with Gasteiger partial charge in [0.05, 0.1) is 0 Å². The number of para-hydroxylation sites is 2. The summed E-state index contributed by atoms with van der Waals surface area (Å²) in [7, 11) is 31.3. The van der Waals surface area contributed by atoms with E-state index in [2.05, 4.69) is 6.07 Å². The molecule has 0 aliphatic carbocycles. The highest BCUT2D eigenvalue weighted by molar-refractivity contribution is 6.68. The van der Waals surface area contributed by atoms with Crippen molar-refractivity contribution in [2.75, 3.05) is 0 Å². The van der Waals surface area contributed by atoms with Crippen LogP contribution in [0.2, 0.25) is 0 Å². The van der Waals surface area contributed by atoms with Crippen molar-refractivity contribution < 1.29 is 8.83 Å². The molecule has 49 heavy (non-hydrogen) atoms. The minimum atomic E-state index is 0.157. The zero-order valence-corrected chi connectivity index (χ0v) is 25.9. The van der Waals surface area contributed by atoms with E-state index in [0.717, 1.165) is 49.4 Å². The van der Waals surface area contributed by atoms with Gasteiger partial charge >= 0.3 is 0 Å². The van der Waals surface area contributed by atoms with Gasteiger partial charge in [0.15, 0.2) is 17.5 Å². The molecule has 216 valence electrons. The lowest BCUT2D eigenvalue weighted by atomic mass is 9.59. The first-order valence-electron chi connectivity index (χ1n) is 15.6. The second-order valence-corrected chi connectivity index (χ2v) is 11.9. The summed E-state index contributed by atoms with van der Waals surface area (Å²) < 4.78 is 12.6. The molecule has 9 rings (SSSR count). The highest BCUT2D eigenvalue weighted by atomic mass is 16.3. The Hall–Kier alpha value is -5.75. The Labute approximate surface area is 287 Å². The van der Waals surface area contributed by atoms with E-state index in [9.17, 15) is 0 Å². The van der Waals surface area contributed by atoms with Crippen molar-refractivity contribution in [1.82, 2.24) is 15.0 Å². The van der Waals surface area contributed by atoms with Crippen molar-refractivity contribution in [3.05, 3.63) is 109 Å². The maximum Gasteiger partial charge on any atom is 0.164 e. The van der Waals surface area contributed by atoms with Crippen LogP contribution in [-0.4, -0.2) is 54.2 Å². The monoisotopic (exact) mass is 615 g/mol. The second kappa shape index (κ2) is 11.2. The van der Waals surface area contributed by atoms with Crippen LogP contribution < -0.4 is 27.3 Å². The summed E-state index contributed by atoms with van der Waals surface area (Å²) in [6.07, 6.45) is 0. The molecule has 0 atom stereocenters. The minimum Gasteiger partial charge on any atom is -0.456 e.